The van der Waals surface area contributed by atoms with E-state index in [9.17, 15) is 21.6 Å². The van der Waals surface area contributed by atoms with Gasteiger partial charge in [-0.15, -0.1) is 0 Å². The topological polar surface area (TPSA) is 94.9 Å². The number of nitrogens with one attached hydrogen (secondary N) is 1. The zero-order valence-corrected chi connectivity index (χ0v) is 11.9. The van der Waals surface area contributed by atoms with Crippen LogP contribution >= 0.6 is 0 Å². The van der Waals surface area contributed by atoms with Gasteiger partial charge in [0.2, 0.25) is 10.0 Å². The third-order valence-electron chi connectivity index (χ3n) is 2.67. The standard InChI is InChI=1S/C11H13F3N4O2S/c1-8-9(11(12,13)14)4-2-5-10(8)21(19,20)17-7-3-6-16-18-15/h2,4-5,17H,3,6-7H2,1H3. The molecule has 0 saturated heterocycles. The van der Waals surface area contributed by atoms with E-state index in [1.165, 1.54) is 0 Å². The molecule has 0 aliphatic heterocycles. The Bertz CT molecular complexity index is 652. The first-order valence-electron chi connectivity index (χ1n) is 5.87. The van der Waals surface area contributed by atoms with Gasteiger partial charge in [0.1, 0.15) is 0 Å². The van der Waals surface area contributed by atoms with Crippen LogP contribution in [-0.4, -0.2) is 21.5 Å². The largest absolute Gasteiger partial charge is 0.416 e. The number of sulfonamides is 1. The molecule has 6 nitrogen and oxygen atoms in total. The van der Waals surface area contributed by atoms with E-state index >= 15 is 0 Å². The molecule has 0 heterocycles. The van der Waals surface area contributed by atoms with Crippen molar-refractivity contribution in [3.63, 3.8) is 0 Å². The smallest absolute Gasteiger partial charge is 0.211 e. The minimum Gasteiger partial charge on any atom is -0.211 e. The van der Waals surface area contributed by atoms with Crippen molar-refractivity contribution < 1.29 is 21.6 Å². The molecule has 1 aromatic carbocycles. The van der Waals surface area contributed by atoms with Gasteiger partial charge in [0.15, 0.2) is 0 Å². The van der Waals surface area contributed by atoms with Gasteiger partial charge in [-0.25, -0.2) is 13.1 Å². The molecular formula is C11H13F3N4O2S. The van der Waals surface area contributed by atoms with Crippen LogP contribution in [0.3, 0.4) is 0 Å². The minimum atomic E-state index is -4.61. The lowest BCUT2D eigenvalue weighted by atomic mass is 10.1. The van der Waals surface area contributed by atoms with Gasteiger partial charge in [-0.05, 0) is 36.6 Å². The lowest BCUT2D eigenvalue weighted by molar-refractivity contribution is -0.138. The summed E-state index contributed by atoms with van der Waals surface area (Å²) in [7, 11) is -4.05. The van der Waals surface area contributed by atoms with Gasteiger partial charge in [-0.3, -0.25) is 0 Å². The summed E-state index contributed by atoms with van der Waals surface area (Å²) in [5.41, 5.74) is 6.72. The average Bonchev–Trinajstić information content (AvgIpc) is 2.37. The summed E-state index contributed by atoms with van der Waals surface area (Å²) >= 11 is 0. The average molecular weight is 322 g/mol. The third-order valence-corrected chi connectivity index (χ3v) is 4.27. The molecule has 0 unspecified atom stereocenters. The Hall–Kier alpha value is -1.77. The molecule has 0 aliphatic rings. The summed E-state index contributed by atoms with van der Waals surface area (Å²) in [4.78, 5) is 2.09. The van der Waals surface area contributed by atoms with Crippen LogP contribution in [0.5, 0.6) is 0 Å². The SMILES string of the molecule is Cc1c(C(F)(F)F)cccc1S(=O)(=O)NCCCN=[N+]=[N-]. The molecule has 0 fully saturated rings. The fourth-order valence-corrected chi connectivity index (χ4v) is 3.03. The van der Waals surface area contributed by atoms with Gasteiger partial charge in [-0.1, -0.05) is 11.2 Å². The van der Waals surface area contributed by atoms with Crippen molar-refractivity contribution in [2.75, 3.05) is 13.1 Å². The van der Waals surface area contributed by atoms with E-state index in [2.05, 4.69) is 14.7 Å². The van der Waals surface area contributed by atoms with E-state index in [4.69, 9.17) is 5.53 Å². The number of benzene rings is 1. The van der Waals surface area contributed by atoms with Crippen molar-refractivity contribution in [1.82, 2.24) is 4.72 Å². The van der Waals surface area contributed by atoms with Crippen LogP contribution in [0.2, 0.25) is 0 Å². The minimum absolute atomic E-state index is 0.0307. The molecule has 0 aliphatic carbocycles. The van der Waals surface area contributed by atoms with Crippen LogP contribution < -0.4 is 4.72 Å². The van der Waals surface area contributed by atoms with Crippen molar-refractivity contribution in [1.29, 1.82) is 0 Å². The number of hydrogen-bond acceptors (Lipinski definition) is 3. The normalized spacial score (nSPS) is 12.0. The van der Waals surface area contributed by atoms with Crippen molar-refractivity contribution in [3.05, 3.63) is 39.8 Å². The Labute approximate surface area is 119 Å². The number of rotatable bonds is 6. The summed E-state index contributed by atoms with van der Waals surface area (Å²) in [5, 5.41) is 3.23. The van der Waals surface area contributed by atoms with Crippen molar-refractivity contribution in [3.8, 4) is 0 Å². The number of azide groups is 1. The van der Waals surface area contributed by atoms with Gasteiger partial charge in [-0.2, -0.15) is 13.2 Å². The number of halogens is 3. The lowest BCUT2D eigenvalue weighted by Gasteiger charge is -2.14. The molecular weight excluding hydrogens is 309 g/mol. The zero-order chi connectivity index (χ0) is 16.1. The highest BCUT2D eigenvalue weighted by Crippen LogP contribution is 2.34. The first-order chi connectivity index (χ1) is 9.70. The van der Waals surface area contributed by atoms with E-state index in [0.717, 1.165) is 25.1 Å². The molecule has 1 rings (SSSR count). The predicted molar refractivity (Wildman–Crippen MR) is 70.0 cm³/mol. The molecule has 0 aromatic heterocycles. The van der Waals surface area contributed by atoms with Crippen LogP contribution in [0, 0.1) is 6.92 Å². The maximum Gasteiger partial charge on any atom is 0.416 e. The Morgan fingerprint density at radius 2 is 2.05 bits per heavy atom. The van der Waals surface area contributed by atoms with E-state index < -0.39 is 26.7 Å². The molecule has 0 bridgehead atoms. The lowest BCUT2D eigenvalue weighted by Crippen LogP contribution is -2.26. The summed E-state index contributed by atoms with van der Waals surface area (Å²) in [5.74, 6) is 0. The highest BCUT2D eigenvalue weighted by atomic mass is 32.2. The number of hydrogen-bond donors (Lipinski definition) is 1. The maximum atomic E-state index is 12.7. The number of alkyl halides is 3. The monoisotopic (exact) mass is 322 g/mol. The van der Waals surface area contributed by atoms with E-state index in [0.29, 0.717) is 0 Å². The summed E-state index contributed by atoms with van der Waals surface area (Å²) in [6.45, 7) is 1.18. The van der Waals surface area contributed by atoms with Crippen LogP contribution in [0.1, 0.15) is 17.5 Å². The summed E-state index contributed by atoms with van der Waals surface area (Å²) in [6, 6.07) is 2.99. The Morgan fingerprint density at radius 1 is 1.38 bits per heavy atom. The summed E-state index contributed by atoms with van der Waals surface area (Å²) in [6.07, 6.45) is -4.36. The van der Waals surface area contributed by atoms with Crippen molar-refractivity contribution in [2.45, 2.75) is 24.4 Å². The molecule has 116 valence electrons. The maximum absolute atomic E-state index is 12.7. The van der Waals surface area contributed by atoms with Crippen LogP contribution in [0.25, 0.3) is 10.4 Å². The molecule has 10 heteroatoms. The van der Waals surface area contributed by atoms with Crippen LogP contribution in [0.15, 0.2) is 28.2 Å². The van der Waals surface area contributed by atoms with Gasteiger partial charge in [0.05, 0.1) is 10.5 Å². The Balaban J connectivity index is 2.96. The molecule has 1 N–H and O–H groups in total. The zero-order valence-electron chi connectivity index (χ0n) is 11.1. The molecule has 0 saturated carbocycles. The quantitative estimate of drug-likeness (QED) is 0.377. The van der Waals surface area contributed by atoms with Crippen molar-refractivity contribution in [2.24, 2.45) is 5.11 Å². The number of nitrogens with zero attached hydrogens (tertiary/aromatic N) is 3. The van der Waals surface area contributed by atoms with E-state index in [1.807, 2.05) is 0 Å². The van der Waals surface area contributed by atoms with E-state index in [1.54, 1.807) is 0 Å². The third kappa shape index (κ3) is 4.62. The van der Waals surface area contributed by atoms with Crippen LogP contribution in [-0.2, 0) is 16.2 Å². The van der Waals surface area contributed by atoms with Gasteiger partial charge < -0.3 is 0 Å². The van der Waals surface area contributed by atoms with Gasteiger partial charge in [0.25, 0.3) is 0 Å². The highest BCUT2D eigenvalue weighted by Gasteiger charge is 2.34. The first kappa shape index (κ1) is 17.3. The molecule has 0 atom stereocenters. The second-order valence-corrected chi connectivity index (χ2v) is 5.87. The second kappa shape index (κ2) is 6.79. The molecule has 0 spiro atoms. The first-order valence-corrected chi connectivity index (χ1v) is 7.36. The Morgan fingerprint density at radius 3 is 2.62 bits per heavy atom. The molecule has 1 aromatic rings. The van der Waals surface area contributed by atoms with Gasteiger partial charge >= 0.3 is 6.18 Å². The predicted octanol–water partition coefficient (Wildman–Crippen LogP) is 2.99. The fourth-order valence-electron chi connectivity index (χ4n) is 1.69. The van der Waals surface area contributed by atoms with Gasteiger partial charge in [0, 0.05) is 18.0 Å². The Kier molecular flexibility index (Phi) is 5.59. The molecule has 21 heavy (non-hydrogen) atoms. The molecule has 0 radical (unpaired) electrons. The van der Waals surface area contributed by atoms with Crippen molar-refractivity contribution >= 4 is 10.0 Å². The summed E-state index contributed by atoms with van der Waals surface area (Å²) < 4.78 is 64.4. The fraction of sp³-hybridized carbons (Fsp3) is 0.455. The highest BCUT2D eigenvalue weighted by molar-refractivity contribution is 7.89. The second-order valence-electron chi connectivity index (χ2n) is 4.13. The molecule has 0 amide bonds. The van der Waals surface area contributed by atoms with Crippen LogP contribution in [0.4, 0.5) is 13.2 Å². The van der Waals surface area contributed by atoms with E-state index in [-0.39, 0.29) is 25.1 Å².